The summed E-state index contributed by atoms with van der Waals surface area (Å²) in [6.45, 7) is 3.62. The van der Waals surface area contributed by atoms with E-state index in [0.29, 0.717) is 12.3 Å². The lowest BCUT2D eigenvalue weighted by molar-refractivity contribution is -0.129. The summed E-state index contributed by atoms with van der Waals surface area (Å²) in [5.41, 5.74) is 1.70. The van der Waals surface area contributed by atoms with Crippen molar-refractivity contribution in [2.45, 2.75) is 39.6 Å². The maximum atomic E-state index is 12.0. The van der Waals surface area contributed by atoms with E-state index < -0.39 is 0 Å². The molecule has 3 rings (SSSR count). The Kier molecular flexibility index (Phi) is 4.66. The Morgan fingerprint density at radius 3 is 2.92 bits per heavy atom. The Morgan fingerprint density at radius 1 is 1.38 bits per heavy atom. The van der Waals surface area contributed by atoms with Gasteiger partial charge in [-0.15, -0.1) is 0 Å². The molecule has 0 bridgehead atoms. The van der Waals surface area contributed by atoms with Crippen LogP contribution in [0.1, 0.15) is 41.0 Å². The summed E-state index contributed by atoms with van der Waals surface area (Å²) in [7, 11) is 0. The molecule has 2 aromatic heterocycles. The predicted molar refractivity (Wildman–Crippen MR) is 83.7 cm³/mol. The van der Waals surface area contributed by atoms with Gasteiger partial charge in [-0.1, -0.05) is 0 Å². The lowest BCUT2D eigenvalue weighted by Gasteiger charge is -2.17. The van der Waals surface area contributed by atoms with Crippen LogP contribution in [-0.4, -0.2) is 38.1 Å². The van der Waals surface area contributed by atoms with Crippen molar-refractivity contribution in [3.63, 3.8) is 0 Å². The SMILES string of the molecule is CC(=O)N1CCCn2nc(CNC(=O)c3ccc(CO)o3)cc2C1. The number of aliphatic hydroxyl groups excluding tert-OH is 1. The molecule has 8 heteroatoms. The third kappa shape index (κ3) is 3.48. The van der Waals surface area contributed by atoms with Crippen molar-refractivity contribution < 1.29 is 19.1 Å². The molecule has 2 amide bonds. The van der Waals surface area contributed by atoms with E-state index in [4.69, 9.17) is 9.52 Å². The topological polar surface area (TPSA) is 101 Å². The van der Waals surface area contributed by atoms with Crippen LogP contribution in [0.2, 0.25) is 0 Å². The molecule has 0 atom stereocenters. The number of nitrogens with one attached hydrogen (secondary N) is 1. The van der Waals surface area contributed by atoms with Crippen molar-refractivity contribution in [2.75, 3.05) is 6.54 Å². The molecule has 1 aliphatic rings. The zero-order chi connectivity index (χ0) is 17.1. The number of fused-ring (bicyclic) bond motifs is 1. The van der Waals surface area contributed by atoms with Gasteiger partial charge in [-0.25, -0.2) is 0 Å². The van der Waals surface area contributed by atoms with Gasteiger partial charge < -0.3 is 19.7 Å². The quantitative estimate of drug-likeness (QED) is 0.856. The zero-order valence-electron chi connectivity index (χ0n) is 13.5. The fourth-order valence-corrected chi connectivity index (χ4v) is 2.72. The number of hydrogen-bond acceptors (Lipinski definition) is 5. The number of carbonyl (C=O) groups is 2. The highest BCUT2D eigenvalue weighted by atomic mass is 16.4. The summed E-state index contributed by atoms with van der Waals surface area (Å²) in [6.07, 6.45) is 0.858. The van der Waals surface area contributed by atoms with Gasteiger partial charge >= 0.3 is 0 Å². The van der Waals surface area contributed by atoms with Crippen molar-refractivity contribution in [1.29, 1.82) is 0 Å². The molecule has 0 saturated carbocycles. The van der Waals surface area contributed by atoms with Crippen LogP contribution in [0.15, 0.2) is 22.6 Å². The summed E-state index contributed by atoms with van der Waals surface area (Å²) in [4.78, 5) is 25.4. The first-order valence-corrected chi connectivity index (χ1v) is 7.85. The number of amides is 2. The first-order chi connectivity index (χ1) is 11.6. The Hall–Kier alpha value is -2.61. The van der Waals surface area contributed by atoms with Gasteiger partial charge in [0.2, 0.25) is 5.91 Å². The lowest BCUT2D eigenvalue weighted by atomic mass is 10.3. The minimum absolute atomic E-state index is 0.0528. The third-order valence-corrected chi connectivity index (χ3v) is 3.98. The van der Waals surface area contributed by atoms with Crippen molar-refractivity contribution >= 4 is 11.8 Å². The van der Waals surface area contributed by atoms with E-state index in [1.807, 2.05) is 10.7 Å². The minimum Gasteiger partial charge on any atom is -0.453 e. The van der Waals surface area contributed by atoms with Crippen LogP contribution in [-0.2, 0) is 31.0 Å². The van der Waals surface area contributed by atoms with Crippen molar-refractivity contribution in [1.82, 2.24) is 20.0 Å². The van der Waals surface area contributed by atoms with E-state index in [-0.39, 0.29) is 30.7 Å². The van der Waals surface area contributed by atoms with Gasteiger partial charge in [0.1, 0.15) is 12.4 Å². The van der Waals surface area contributed by atoms with Crippen LogP contribution in [0.3, 0.4) is 0 Å². The molecular weight excluding hydrogens is 312 g/mol. The molecule has 0 unspecified atom stereocenters. The largest absolute Gasteiger partial charge is 0.453 e. The number of aromatic nitrogens is 2. The predicted octanol–water partition coefficient (Wildman–Crippen LogP) is 0.651. The Labute approximate surface area is 139 Å². The van der Waals surface area contributed by atoms with Gasteiger partial charge in [-0.2, -0.15) is 5.10 Å². The average Bonchev–Trinajstić information content (AvgIpc) is 3.14. The highest BCUT2D eigenvalue weighted by Crippen LogP contribution is 2.14. The number of nitrogens with zero attached hydrogens (tertiary/aromatic N) is 3. The van der Waals surface area contributed by atoms with E-state index in [2.05, 4.69) is 10.4 Å². The number of rotatable bonds is 4. The summed E-state index contributed by atoms with van der Waals surface area (Å²) < 4.78 is 7.08. The molecule has 24 heavy (non-hydrogen) atoms. The number of furan rings is 1. The second-order valence-corrected chi connectivity index (χ2v) is 5.75. The van der Waals surface area contributed by atoms with Gasteiger partial charge in [0, 0.05) is 20.0 Å². The molecule has 0 fully saturated rings. The van der Waals surface area contributed by atoms with Gasteiger partial charge in [0.15, 0.2) is 5.76 Å². The van der Waals surface area contributed by atoms with Gasteiger partial charge in [-0.05, 0) is 24.6 Å². The molecule has 2 N–H and O–H groups in total. The first kappa shape index (κ1) is 16.3. The molecule has 3 heterocycles. The van der Waals surface area contributed by atoms with Crippen molar-refractivity contribution in [3.8, 4) is 0 Å². The summed E-state index contributed by atoms with van der Waals surface area (Å²) in [6, 6.07) is 4.99. The Morgan fingerprint density at radius 2 is 2.21 bits per heavy atom. The molecule has 8 nitrogen and oxygen atoms in total. The molecule has 2 aromatic rings. The molecule has 0 spiro atoms. The van der Waals surface area contributed by atoms with Crippen LogP contribution < -0.4 is 5.32 Å². The van der Waals surface area contributed by atoms with Crippen LogP contribution in [0, 0.1) is 0 Å². The average molecular weight is 332 g/mol. The summed E-state index contributed by atoms with van der Waals surface area (Å²) >= 11 is 0. The van der Waals surface area contributed by atoms with Gasteiger partial charge in [0.05, 0.1) is 24.5 Å². The second kappa shape index (κ2) is 6.88. The van der Waals surface area contributed by atoms with E-state index in [1.165, 1.54) is 6.07 Å². The van der Waals surface area contributed by atoms with Crippen molar-refractivity contribution in [2.24, 2.45) is 0 Å². The standard InChI is InChI=1S/C16H20N4O4/c1-11(22)19-5-2-6-20-13(9-19)7-12(18-20)8-17-16(23)15-4-3-14(10-21)24-15/h3-4,7,21H,2,5-6,8-10H2,1H3,(H,17,23). The van der Waals surface area contributed by atoms with E-state index in [9.17, 15) is 9.59 Å². The fourth-order valence-electron chi connectivity index (χ4n) is 2.72. The molecule has 0 saturated heterocycles. The molecule has 1 aliphatic heterocycles. The van der Waals surface area contributed by atoms with Crippen molar-refractivity contribution in [3.05, 3.63) is 41.1 Å². The highest BCUT2D eigenvalue weighted by Gasteiger charge is 2.18. The summed E-state index contributed by atoms with van der Waals surface area (Å²) in [5.74, 6) is 0.195. The summed E-state index contributed by atoms with van der Waals surface area (Å²) in [5, 5.41) is 16.2. The Bertz CT molecular complexity index is 749. The molecular formula is C16H20N4O4. The molecule has 0 aliphatic carbocycles. The van der Waals surface area contributed by atoms with Crippen LogP contribution in [0.4, 0.5) is 0 Å². The molecule has 0 radical (unpaired) electrons. The Balaban J connectivity index is 1.63. The third-order valence-electron chi connectivity index (χ3n) is 3.98. The molecule has 0 aromatic carbocycles. The monoisotopic (exact) mass is 332 g/mol. The maximum absolute atomic E-state index is 12.0. The smallest absolute Gasteiger partial charge is 0.287 e. The maximum Gasteiger partial charge on any atom is 0.287 e. The van der Waals surface area contributed by atoms with Gasteiger partial charge in [-0.3, -0.25) is 14.3 Å². The number of carbonyl (C=O) groups excluding carboxylic acids is 2. The highest BCUT2D eigenvalue weighted by molar-refractivity contribution is 5.91. The van der Waals surface area contributed by atoms with Gasteiger partial charge in [0.25, 0.3) is 5.91 Å². The zero-order valence-corrected chi connectivity index (χ0v) is 13.5. The van der Waals surface area contributed by atoms with E-state index in [1.54, 1.807) is 17.9 Å². The van der Waals surface area contributed by atoms with Crippen LogP contribution in [0.5, 0.6) is 0 Å². The first-order valence-electron chi connectivity index (χ1n) is 7.85. The van der Waals surface area contributed by atoms with Crippen LogP contribution in [0.25, 0.3) is 0 Å². The number of aliphatic hydroxyl groups is 1. The van der Waals surface area contributed by atoms with E-state index >= 15 is 0 Å². The van der Waals surface area contributed by atoms with Crippen LogP contribution >= 0.6 is 0 Å². The normalized spacial score (nSPS) is 14.2. The molecule has 128 valence electrons. The minimum atomic E-state index is -0.358. The number of hydrogen-bond donors (Lipinski definition) is 2. The number of aryl methyl sites for hydroxylation is 1. The second-order valence-electron chi connectivity index (χ2n) is 5.75. The lowest BCUT2D eigenvalue weighted by Crippen LogP contribution is -2.28. The van der Waals surface area contributed by atoms with E-state index in [0.717, 1.165) is 30.9 Å². The fraction of sp³-hybridized carbons (Fsp3) is 0.438.